The van der Waals surface area contributed by atoms with E-state index in [0.29, 0.717) is 48.2 Å². The number of ketones is 1. The highest BCUT2D eigenvalue weighted by Crippen LogP contribution is 2.23. The number of hydrogen-bond donors (Lipinski definition) is 1. The van der Waals surface area contributed by atoms with Crippen LogP contribution < -0.4 is 5.32 Å². The van der Waals surface area contributed by atoms with Gasteiger partial charge in [-0.1, -0.05) is 11.3 Å². The Balaban J connectivity index is 1.75. The Bertz CT molecular complexity index is 723. The molecule has 0 aliphatic carbocycles. The van der Waals surface area contributed by atoms with Crippen LogP contribution >= 0.6 is 11.3 Å². The minimum absolute atomic E-state index is 0.0463. The van der Waals surface area contributed by atoms with Crippen molar-refractivity contribution in [2.75, 3.05) is 25.0 Å². The van der Waals surface area contributed by atoms with E-state index in [0.717, 1.165) is 11.3 Å². The maximum absolute atomic E-state index is 12.3. The number of Topliss-reactive ketones (excluding diaryl/α,β-unsaturated/α-hetero) is 1. The van der Waals surface area contributed by atoms with E-state index in [2.05, 4.69) is 10.3 Å². The van der Waals surface area contributed by atoms with Gasteiger partial charge in [-0.15, -0.1) is 0 Å². The summed E-state index contributed by atoms with van der Waals surface area (Å²) in [5.74, 6) is -0.860. The van der Waals surface area contributed by atoms with Crippen LogP contribution in [0.15, 0.2) is 0 Å². The van der Waals surface area contributed by atoms with Crippen molar-refractivity contribution in [1.29, 1.82) is 0 Å². The second kappa shape index (κ2) is 9.59. The Hall–Kier alpha value is -2.29. The number of likely N-dealkylation sites (tertiary alicyclic amines) is 1. The first-order chi connectivity index (χ1) is 12.8. The predicted octanol–water partition coefficient (Wildman–Crippen LogP) is 2.17. The number of nitrogens with one attached hydrogen (secondary N) is 1. The second-order valence-corrected chi connectivity index (χ2v) is 7.44. The SMILES string of the molecule is CCOC(=O)C1CCN(C(=O)CCC(=O)Nc2nc(C)c(C(C)=O)s2)CC1. The number of ether oxygens (including phenoxy) is 1. The number of aromatic nitrogens is 1. The van der Waals surface area contributed by atoms with Crippen LogP contribution in [0, 0.1) is 12.8 Å². The number of thiazole rings is 1. The molecule has 1 saturated heterocycles. The Morgan fingerprint density at radius 1 is 1.22 bits per heavy atom. The molecule has 1 aromatic heterocycles. The van der Waals surface area contributed by atoms with Gasteiger partial charge in [0, 0.05) is 32.9 Å². The normalized spacial score (nSPS) is 14.7. The number of aryl methyl sites for hydroxylation is 1. The molecule has 0 radical (unpaired) electrons. The van der Waals surface area contributed by atoms with Crippen LogP contribution in [0.2, 0.25) is 0 Å². The summed E-state index contributed by atoms with van der Waals surface area (Å²) >= 11 is 1.13. The van der Waals surface area contributed by atoms with Crippen molar-refractivity contribution in [2.45, 2.75) is 46.5 Å². The molecule has 1 aliphatic rings. The molecule has 1 aromatic rings. The minimum atomic E-state index is -0.311. The zero-order valence-electron chi connectivity index (χ0n) is 15.9. The van der Waals surface area contributed by atoms with E-state index in [1.807, 2.05) is 0 Å². The molecule has 27 heavy (non-hydrogen) atoms. The van der Waals surface area contributed by atoms with E-state index < -0.39 is 0 Å². The first kappa shape index (κ1) is 21.0. The van der Waals surface area contributed by atoms with Crippen molar-refractivity contribution in [3.63, 3.8) is 0 Å². The van der Waals surface area contributed by atoms with Gasteiger partial charge < -0.3 is 15.0 Å². The van der Waals surface area contributed by atoms with Crippen LogP contribution in [-0.4, -0.2) is 53.1 Å². The number of esters is 1. The molecule has 9 heteroatoms. The number of amides is 2. The van der Waals surface area contributed by atoms with Crippen molar-refractivity contribution in [3.05, 3.63) is 10.6 Å². The van der Waals surface area contributed by atoms with Crippen molar-refractivity contribution >= 4 is 40.0 Å². The third-order valence-corrected chi connectivity index (χ3v) is 5.57. The molecule has 2 heterocycles. The van der Waals surface area contributed by atoms with Gasteiger partial charge in [0.25, 0.3) is 0 Å². The maximum atomic E-state index is 12.3. The van der Waals surface area contributed by atoms with Gasteiger partial charge >= 0.3 is 5.97 Å². The summed E-state index contributed by atoms with van der Waals surface area (Å²) in [6.07, 6.45) is 1.32. The molecule has 0 spiro atoms. The van der Waals surface area contributed by atoms with Gasteiger partial charge in [0.1, 0.15) is 0 Å². The summed E-state index contributed by atoms with van der Waals surface area (Å²) in [7, 11) is 0. The number of hydrogen-bond acceptors (Lipinski definition) is 7. The van der Waals surface area contributed by atoms with E-state index in [9.17, 15) is 19.2 Å². The highest BCUT2D eigenvalue weighted by Gasteiger charge is 2.28. The van der Waals surface area contributed by atoms with Crippen LogP contribution in [0.4, 0.5) is 5.13 Å². The lowest BCUT2D eigenvalue weighted by Crippen LogP contribution is -2.40. The molecule has 1 aliphatic heterocycles. The Labute approximate surface area is 162 Å². The first-order valence-corrected chi connectivity index (χ1v) is 9.86. The summed E-state index contributed by atoms with van der Waals surface area (Å²) < 4.78 is 5.02. The fraction of sp³-hybridized carbons (Fsp3) is 0.611. The molecule has 1 N–H and O–H groups in total. The van der Waals surface area contributed by atoms with Crippen molar-refractivity contribution in [2.24, 2.45) is 5.92 Å². The third kappa shape index (κ3) is 5.85. The molecule has 2 rings (SSSR count). The lowest BCUT2D eigenvalue weighted by atomic mass is 9.96. The van der Waals surface area contributed by atoms with E-state index >= 15 is 0 Å². The standard InChI is InChI=1S/C18H25N3O5S/c1-4-26-17(25)13-7-9-21(10-8-13)15(24)6-5-14(23)20-18-19-11(2)16(27-18)12(3)22/h13H,4-10H2,1-3H3,(H,19,20,23). The average molecular weight is 395 g/mol. The van der Waals surface area contributed by atoms with Crippen LogP contribution in [0.25, 0.3) is 0 Å². The van der Waals surface area contributed by atoms with Gasteiger partial charge in [0.2, 0.25) is 11.8 Å². The van der Waals surface area contributed by atoms with E-state index in [4.69, 9.17) is 4.74 Å². The van der Waals surface area contributed by atoms with Gasteiger partial charge in [0.05, 0.1) is 23.1 Å². The molecule has 0 atom stereocenters. The topological polar surface area (TPSA) is 106 Å². The highest BCUT2D eigenvalue weighted by molar-refractivity contribution is 7.17. The van der Waals surface area contributed by atoms with Crippen LogP contribution in [0.3, 0.4) is 0 Å². The van der Waals surface area contributed by atoms with Crippen LogP contribution in [0.5, 0.6) is 0 Å². The van der Waals surface area contributed by atoms with E-state index in [1.165, 1.54) is 6.92 Å². The molecule has 0 bridgehead atoms. The van der Waals surface area contributed by atoms with Crippen LogP contribution in [-0.2, 0) is 19.1 Å². The third-order valence-electron chi connectivity index (χ3n) is 4.40. The molecule has 148 valence electrons. The lowest BCUT2D eigenvalue weighted by Gasteiger charge is -2.30. The number of nitrogens with zero attached hydrogens (tertiary/aromatic N) is 2. The lowest BCUT2D eigenvalue weighted by molar-refractivity contribution is -0.151. The minimum Gasteiger partial charge on any atom is -0.466 e. The molecule has 1 fully saturated rings. The van der Waals surface area contributed by atoms with Crippen molar-refractivity contribution < 1.29 is 23.9 Å². The Kier molecular flexibility index (Phi) is 7.46. The maximum Gasteiger partial charge on any atom is 0.309 e. The summed E-state index contributed by atoms with van der Waals surface area (Å²) in [4.78, 5) is 53.8. The second-order valence-electron chi connectivity index (χ2n) is 6.45. The fourth-order valence-electron chi connectivity index (χ4n) is 2.96. The molecule has 0 unspecified atom stereocenters. The van der Waals surface area contributed by atoms with Gasteiger partial charge in [-0.2, -0.15) is 0 Å². The first-order valence-electron chi connectivity index (χ1n) is 9.04. The number of carbonyl (C=O) groups is 4. The molecule has 8 nitrogen and oxygen atoms in total. The quantitative estimate of drug-likeness (QED) is 0.560. The fourth-order valence-corrected chi connectivity index (χ4v) is 3.84. The summed E-state index contributed by atoms with van der Waals surface area (Å²) in [6.45, 7) is 6.30. The van der Waals surface area contributed by atoms with Crippen molar-refractivity contribution in [1.82, 2.24) is 9.88 Å². The largest absolute Gasteiger partial charge is 0.466 e. The highest BCUT2D eigenvalue weighted by atomic mass is 32.1. The summed E-state index contributed by atoms with van der Waals surface area (Å²) in [5, 5.41) is 3.00. The number of rotatable bonds is 7. The van der Waals surface area contributed by atoms with Gasteiger partial charge in [-0.25, -0.2) is 4.98 Å². The van der Waals surface area contributed by atoms with Gasteiger partial charge in [-0.05, 0) is 26.7 Å². The molecular formula is C18H25N3O5S. The Morgan fingerprint density at radius 3 is 2.44 bits per heavy atom. The number of carbonyl (C=O) groups excluding carboxylic acids is 4. The van der Waals surface area contributed by atoms with Gasteiger partial charge in [0.15, 0.2) is 10.9 Å². The van der Waals surface area contributed by atoms with Gasteiger partial charge in [-0.3, -0.25) is 19.2 Å². The van der Waals surface area contributed by atoms with Crippen LogP contribution in [0.1, 0.15) is 54.9 Å². The summed E-state index contributed by atoms with van der Waals surface area (Å²) in [5.41, 5.74) is 0.586. The number of anilines is 1. The predicted molar refractivity (Wildman–Crippen MR) is 101 cm³/mol. The smallest absolute Gasteiger partial charge is 0.309 e. The molecule has 2 amide bonds. The monoisotopic (exact) mass is 395 g/mol. The van der Waals surface area contributed by atoms with Crippen molar-refractivity contribution in [3.8, 4) is 0 Å². The van der Waals surface area contributed by atoms with E-state index in [-0.39, 0.29) is 42.3 Å². The molecule has 0 saturated carbocycles. The number of piperidine rings is 1. The summed E-state index contributed by atoms with van der Waals surface area (Å²) in [6, 6.07) is 0. The zero-order valence-corrected chi connectivity index (χ0v) is 16.7. The molecule has 0 aromatic carbocycles. The van der Waals surface area contributed by atoms with E-state index in [1.54, 1.807) is 18.7 Å². The zero-order chi connectivity index (χ0) is 20.0. The Morgan fingerprint density at radius 2 is 1.89 bits per heavy atom. The average Bonchev–Trinajstić information content (AvgIpc) is 3.00. The molecular weight excluding hydrogens is 370 g/mol.